The number of urea groups is 1. The first-order chi connectivity index (χ1) is 11.3. The fraction of sp³-hybridized carbons (Fsp3) is 0.562. The molecule has 3 unspecified atom stereocenters. The highest BCUT2D eigenvalue weighted by Crippen LogP contribution is 2.37. The van der Waals surface area contributed by atoms with E-state index in [0.717, 1.165) is 0 Å². The predicted octanol–water partition coefficient (Wildman–Crippen LogP) is 3.28. The summed E-state index contributed by atoms with van der Waals surface area (Å²) in [6, 6.07) is 4.40. The SMILES string of the molecule is O=C(NCC(O)c1ccccc1F)NC1CCCC(C(F)(F)F)C1. The van der Waals surface area contributed by atoms with Crippen molar-refractivity contribution in [2.75, 3.05) is 6.54 Å². The number of halogens is 4. The first-order valence-electron chi connectivity index (χ1n) is 7.81. The highest BCUT2D eigenvalue weighted by molar-refractivity contribution is 5.74. The van der Waals surface area contributed by atoms with Gasteiger partial charge in [-0.05, 0) is 25.3 Å². The van der Waals surface area contributed by atoms with E-state index in [1.807, 2.05) is 0 Å². The Hall–Kier alpha value is -1.83. The van der Waals surface area contributed by atoms with Gasteiger partial charge in [0, 0.05) is 18.2 Å². The predicted molar refractivity (Wildman–Crippen MR) is 79.7 cm³/mol. The van der Waals surface area contributed by atoms with Crippen LogP contribution < -0.4 is 10.6 Å². The number of hydrogen-bond donors (Lipinski definition) is 3. The number of alkyl halides is 3. The van der Waals surface area contributed by atoms with Gasteiger partial charge in [-0.25, -0.2) is 9.18 Å². The Morgan fingerprint density at radius 3 is 2.67 bits per heavy atom. The normalized spacial score (nSPS) is 22.7. The average Bonchev–Trinajstić information content (AvgIpc) is 2.52. The molecule has 2 rings (SSSR count). The number of amides is 2. The van der Waals surface area contributed by atoms with Crippen molar-refractivity contribution >= 4 is 6.03 Å². The van der Waals surface area contributed by atoms with Crippen LogP contribution in [0.5, 0.6) is 0 Å². The molecule has 2 amide bonds. The number of nitrogens with one attached hydrogen (secondary N) is 2. The maximum Gasteiger partial charge on any atom is 0.391 e. The minimum absolute atomic E-state index is 0.0487. The lowest BCUT2D eigenvalue weighted by atomic mass is 9.85. The molecule has 0 bridgehead atoms. The molecule has 4 nitrogen and oxygen atoms in total. The largest absolute Gasteiger partial charge is 0.391 e. The molecular weight excluding hydrogens is 328 g/mol. The Balaban J connectivity index is 1.80. The van der Waals surface area contributed by atoms with Gasteiger partial charge in [0.15, 0.2) is 0 Å². The Bertz CT molecular complexity index is 565. The second-order valence-corrected chi connectivity index (χ2v) is 5.99. The number of benzene rings is 1. The molecule has 3 N–H and O–H groups in total. The monoisotopic (exact) mass is 348 g/mol. The van der Waals surface area contributed by atoms with Crippen LogP contribution in [0.15, 0.2) is 24.3 Å². The summed E-state index contributed by atoms with van der Waals surface area (Å²) >= 11 is 0. The van der Waals surface area contributed by atoms with Gasteiger partial charge in [-0.3, -0.25) is 0 Å². The molecule has 134 valence electrons. The lowest BCUT2D eigenvalue weighted by molar-refractivity contribution is -0.183. The molecule has 0 aliphatic heterocycles. The van der Waals surface area contributed by atoms with Crippen molar-refractivity contribution in [1.82, 2.24) is 10.6 Å². The molecule has 1 fully saturated rings. The van der Waals surface area contributed by atoms with Crippen LogP contribution in [0.2, 0.25) is 0 Å². The number of hydrogen-bond acceptors (Lipinski definition) is 2. The van der Waals surface area contributed by atoms with E-state index in [9.17, 15) is 27.5 Å². The summed E-state index contributed by atoms with van der Waals surface area (Å²) in [6.07, 6.45) is -4.67. The highest BCUT2D eigenvalue weighted by Gasteiger charge is 2.42. The van der Waals surface area contributed by atoms with Crippen molar-refractivity contribution in [2.24, 2.45) is 5.92 Å². The summed E-state index contributed by atoms with van der Waals surface area (Å²) in [6.45, 7) is -0.234. The standard InChI is InChI=1S/C16H20F4N2O2/c17-13-7-2-1-6-12(13)14(23)9-21-15(24)22-11-5-3-4-10(8-11)16(18,19)20/h1-2,6-7,10-11,14,23H,3-5,8-9H2,(H2,21,22,24). The topological polar surface area (TPSA) is 61.4 Å². The number of aliphatic hydroxyl groups is 1. The molecule has 24 heavy (non-hydrogen) atoms. The van der Waals surface area contributed by atoms with Crippen LogP contribution in [-0.4, -0.2) is 29.9 Å². The van der Waals surface area contributed by atoms with Gasteiger partial charge in [0.05, 0.1) is 12.0 Å². The molecule has 1 aliphatic carbocycles. The van der Waals surface area contributed by atoms with Crippen LogP contribution in [0.4, 0.5) is 22.4 Å². The van der Waals surface area contributed by atoms with E-state index < -0.39 is 36.1 Å². The van der Waals surface area contributed by atoms with Crippen LogP contribution in [0.3, 0.4) is 0 Å². The molecule has 1 saturated carbocycles. The van der Waals surface area contributed by atoms with E-state index in [1.165, 1.54) is 18.2 Å². The van der Waals surface area contributed by atoms with Crippen LogP contribution in [0.1, 0.15) is 37.4 Å². The maximum absolute atomic E-state index is 13.5. The minimum atomic E-state index is -4.25. The number of carbonyl (C=O) groups excluding carboxylic acids is 1. The van der Waals surface area contributed by atoms with Crippen LogP contribution in [-0.2, 0) is 0 Å². The number of aliphatic hydroxyl groups excluding tert-OH is 1. The molecule has 3 atom stereocenters. The zero-order chi connectivity index (χ0) is 17.7. The molecular formula is C16H20F4N2O2. The van der Waals surface area contributed by atoms with E-state index in [2.05, 4.69) is 10.6 Å². The Labute approximate surface area is 137 Å². The molecule has 0 heterocycles. The molecule has 1 aliphatic rings. The first kappa shape index (κ1) is 18.5. The third-order valence-corrected chi connectivity index (χ3v) is 4.19. The van der Waals surface area contributed by atoms with Gasteiger partial charge in [-0.2, -0.15) is 13.2 Å². The maximum atomic E-state index is 13.5. The van der Waals surface area contributed by atoms with Crippen molar-refractivity contribution in [3.63, 3.8) is 0 Å². The Morgan fingerprint density at radius 1 is 1.29 bits per heavy atom. The molecule has 0 spiro atoms. The van der Waals surface area contributed by atoms with Gasteiger partial charge >= 0.3 is 12.2 Å². The minimum Gasteiger partial charge on any atom is -0.386 e. The van der Waals surface area contributed by atoms with Gasteiger partial charge in [0.1, 0.15) is 5.82 Å². The van der Waals surface area contributed by atoms with E-state index >= 15 is 0 Å². The van der Waals surface area contributed by atoms with E-state index in [-0.39, 0.29) is 24.9 Å². The number of carbonyl (C=O) groups is 1. The van der Waals surface area contributed by atoms with Crippen molar-refractivity contribution in [3.05, 3.63) is 35.6 Å². The highest BCUT2D eigenvalue weighted by atomic mass is 19.4. The fourth-order valence-electron chi connectivity index (χ4n) is 2.90. The molecule has 0 aromatic heterocycles. The molecule has 0 saturated heterocycles. The first-order valence-corrected chi connectivity index (χ1v) is 7.81. The van der Waals surface area contributed by atoms with Crippen molar-refractivity contribution < 1.29 is 27.5 Å². The summed E-state index contributed by atoms with van der Waals surface area (Å²) in [5.74, 6) is -1.99. The van der Waals surface area contributed by atoms with Crippen LogP contribution in [0, 0.1) is 11.7 Å². The lowest BCUT2D eigenvalue weighted by Gasteiger charge is -2.31. The summed E-state index contributed by atoms with van der Waals surface area (Å²) < 4.78 is 51.7. The van der Waals surface area contributed by atoms with Gasteiger partial charge in [0.2, 0.25) is 0 Å². The third kappa shape index (κ3) is 5.09. The average molecular weight is 348 g/mol. The van der Waals surface area contributed by atoms with E-state index in [4.69, 9.17) is 0 Å². The Morgan fingerprint density at radius 2 is 2.00 bits per heavy atom. The number of rotatable bonds is 4. The smallest absolute Gasteiger partial charge is 0.386 e. The summed E-state index contributed by atoms with van der Waals surface area (Å²) in [4.78, 5) is 11.8. The molecule has 1 aromatic rings. The second kappa shape index (κ2) is 7.83. The molecule has 0 radical (unpaired) electrons. The molecule has 8 heteroatoms. The lowest BCUT2D eigenvalue weighted by Crippen LogP contribution is -2.46. The molecule has 1 aromatic carbocycles. The van der Waals surface area contributed by atoms with Gasteiger partial charge < -0.3 is 15.7 Å². The zero-order valence-corrected chi connectivity index (χ0v) is 12.9. The van der Waals surface area contributed by atoms with Crippen LogP contribution in [0.25, 0.3) is 0 Å². The Kier molecular flexibility index (Phi) is 6.04. The van der Waals surface area contributed by atoms with Crippen molar-refractivity contribution in [3.8, 4) is 0 Å². The summed E-state index contributed by atoms with van der Waals surface area (Å²) in [5.41, 5.74) is 0.0487. The van der Waals surface area contributed by atoms with Crippen molar-refractivity contribution in [2.45, 2.75) is 44.0 Å². The fourth-order valence-corrected chi connectivity index (χ4v) is 2.90. The zero-order valence-electron chi connectivity index (χ0n) is 12.9. The van der Waals surface area contributed by atoms with Gasteiger partial charge in [-0.1, -0.05) is 24.6 Å². The second-order valence-electron chi connectivity index (χ2n) is 5.99. The van der Waals surface area contributed by atoms with Gasteiger partial charge in [0.25, 0.3) is 0 Å². The van der Waals surface area contributed by atoms with E-state index in [1.54, 1.807) is 6.07 Å². The van der Waals surface area contributed by atoms with E-state index in [0.29, 0.717) is 12.8 Å². The third-order valence-electron chi connectivity index (χ3n) is 4.19. The summed E-state index contributed by atoms with van der Waals surface area (Å²) in [5, 5.41) is 14.7. The summed E-state index contributed by atoms with van der Waals surface area (Å²) in [7, 11) is 0. The van der Waals surface area contributed by atoms with Crippen molar-refractivity contribution in [1.29, 1.82) is 0 Å². The quantitative estimate of drug-likeness (QED) is 0.732. The van der Waals surface area contributed by atoms with Gasteiger partial charge in [-0.15, -0.1) is 0 Å². The van der Waals surface area contributed by atoms with Crippen LogP contribution >= 0.6 is 0 Å².